The fourth-order valence-corrected chi connectivity index (χ4v) is 4.46. The van der Waals surface area contributed by atoms with E-state index in [2.05, 4.69) is 15.6 Å². The fraction of sp³-hybridized carbons (Fsp3) is 0.107. The minimum Gasteiger partial charge on any atom is -0.481 e. The third kappa shape index (κ3) is 6.81. The number of pyridine rings is 1. The second kappa shape index (κ2) is 12.3. The minimum atomic E-state index is -1.000. The maximum Gasteiger partial charge on any atom is 0.305 e. The molecule has 6 nitrogen and oxygen atoms in total. The van der Waals surface area contributed by atoms with Crippen molar-refractivity contribution in [1.29, 1.82) is 0 Å². The Kier molecular flexibility index (Phi) is 8.84. The van der Waals surface area contributed by atoms with Crippen LogP contribution in [0.5, 0.6) is 0 Å². The van der Waals surface area contributed by atoms with E-state index in [-0.39, 0.29) is 18.7 Å². The van der Waals surface area contributed by atoms with Crippen LogP contribution in [0.25, 0.3) is 22.3 Å². The Morgan fingerprint density at radius 3 is 2.29 bits per heavy atom. The summed E-state index contributed by atoms with van der Waals surface area (Å²) in [4.78, 5) is 27.0. The number of benzene rings is 3. The lowest BCUT2D eigenvalue weighted by Crippen LogP contribution is -2.26. The zero-order valence-electron chi connectivity index (χ0n) is 19.8. The van der Waals surface area contributed by atoms with Gasteiger partial charge in [0.25, 0.3) is 5.91 Å². The Balaban J connectivity index is 1.49. The van der Waals surface area contributed by atoms with Crippen LogP contribution in [-0.4, -0.2) is 28.5 Å². The van der Waals surface area contributed by atoms with Crippen molar-refractivity contribution in [2.24, 2.45) is 0 Å². The smallest absolute Gasteiger partial charge is 0.305 e. The van der Waals surface area contributed by atoms with E-state index in [0.29, 0.717) is 38.4 Å². The van der Waals surface area contributed by atoms with Gasteiger partial charge < -0.3 is 15.7 Å². The van der Waals surface area contributed by atoms with E-state index in [0.717, 1.165) is 16.7 Å². The zero-order chi connectivity index (χ0) is 27.2. The molecule has 0 atom stereocenters. The third-order valence-corrected chi connectivity index (χ3v) is 6.46. The Morgan fingerprint density at radius 1 is 0.868 bits per heavy atom. The normalized spacial score (nSPS) is 10.7. The zero-order valence-corrected chi connectivity index (χ0v) is 22.0. The van der Waals surface area contributed by atoms with E-state index in [1.807, 2.05) is 6.07 Å². The molecule has 1 aromatic heterocycles. The van der Waals surface area contributed by atoms with Crippen molar-refractivity contribution in [2.45, 2.75) is 13.0 Å². The highest BCUT2D eigenvalue weighted by Crippen LogP contribution is 2.33. The van der Waals surface area contributed by atoms with Crippen LogP contribution in [0.15, 0.2) is 72.9 Å². The van der Waals surface area contributed by atoms with Crippen LogP contribution in [0.4, 0.5) is 10.1 Å². The average Bonchev–Trinajstić information content (AvgIpc) is 2.88. The molecule has 0 unspecified atom stereocenters. The van der Waals surface area contributed by atoms with Gasteiger partial charge in [-0.15, -0.1) is 0 Å². The molecule has 3 aromatic carbocycles. The number of carbonyl (C=O) groups is 2. The van der Waals surface area contributed by atoms with E-state index in [9.17, 15) is 14.0 Å². The number of nitrogens with one attached hydrogen (secondary N) is 2. The largest absolute Gasteiger partial charge is 0.481 e. The molecule has 194 valence electrons. The Labute approximate surface area is 233 Å². The first kappa shape index (κ1) is 27.4. The van der Waals surface area contributed by atoms with Gasteiger partial charge in [-0.3, -0.25) is 14.6 Å². The molecule has 0 fully saturated rings. The van der Waals surface area contributed by atoms with Gasteiger partial charge >= 0.3 is 5.97 Å². The Bertz CT molecular complexity index is 1500. The Hall–Kier alpha value is -3.65. The predicted octanol–water partition coefficient (Wildman–Crippen LogP) is 7.33. The summed E-state index contributed by atoms with van der Waals surface area (Å²) in [5, 5.41) is 15.8. The SMILES string of the molecule is O=C(O)CCNC(=O)c1ccc(-c2cc(Cl)ccc2CNc2ccc(-c3ccc(Cl)cc3Cl)c(F)c2)cn1. The van der Waals surface area contributed by atoms with Crippen LogP contribution in [0.3, 0.4) is 0 Å². The molecule has 0 saturated heterocycles. The van der Waals surface area contributed by atoms with Crippen LogP contribution in [0.2, 0.25) is 15.1 Å². The number of carboxylic acid groups (broad SMARTS) is 1. The molecule has 10 heteroatoms. The van der Waals surface area contributed by atoms with E-state index in [1.165, 1.54) is 6.07 Å². The monoisotopic (exact) mass is 571 g/mol. The minimum absolute atomic E-state index is 0.00994. The molecule has 0 aliphatic carbocycles. The highest BCUT2D eigenvalue weighted by atomic mass is 35.5. The summed E-state index contributed by atoms with van der Waals surface area (Å²) in [7, 11) is 0. The van der Waals surface area contributed by atoms with Crippen LogP contribution >= 0.6 is 34.8 Å². The summed E-state index contributed by atoms with van der Waals surface area (Å²) in [6, 6.07) is 18.4. The number of aliphatic carboxylic acids is 1. The summed E-state index contributed by atoms with van der Waals surface area (Å²) >= 11 is 18.4. The molecular weight excluding hydrogens is 552 g/mol. The molecule has 4 rings (SSSR count). The van der Waals surface area contributed by atoms with Gasteiger partial charge in [-0.1, -0.05) is 53.0 Å². The highest BCUT2D eigenvalue weighted by Gasteiger charge is 2.13. The number of hydrogen-bond donors (Lipinski definition) is 3. The first-order valence-corrected chi connectivity index (χ1v) is 12.6. The van der Waals surface area contributed by atoms with E-state index < -0.39 is 17.7 Å². The number of nitrogens with zero attached hydrogens (tertiary/aromatic N) is 1. The van der Waals surface area contributed by atoms with Gasteiger partial charge in [0.05, 0.1) is 6.42 Å². The van der Waals surface area contributed by atoms with Gasteiger partial charge in [-0.25, -0.2) is 4.39 Å². The number of rotatable bonds is 9. The number of hydrogen-bond acceptors (Lipinski definition) is 4. The highest BCUT2D eigenvalue weighted by molar-refractivity contribution is 6.36. The summed E-state index contributed by atoms with van der Waals surface area (Å²) in [5.41, 5.74) is 4.04. The maximum atomic E-state index is 14.9. The molecule has 0 saturated carbocycles. The maximum absolute atomic E-state index is 14.9. The molecule has 38 heavy (non-hydrogen) atoms. The second-order valence-electron chi connectivity index (χ2n) is 8.31. The molecule has 1 heterocycles. The molecule has 1 amide bonds. The van der Waals surface area contributed by atoms with Crippen LogP contribution in [-0.2, 0) is 11.3 Å². The summed E-state index contributed by atoms with van der Waals surface area (Å²) in [6.45, 7) is 0.375. The van der Waals surface area contributed by atoms with E-state index in [4.69, 9.17) is 39.9 Å². The van der Waals surface area contributed by atoms with Crippen molar-refractivity contribution >= 4 is 52.4 Å². The van der Waals surface area contributed by atoms with Crippen molar-refractivity contribution in [2.75, 3.05) is 11.9 Å². The first-order chi connectivity index (χ1) is 18.2. The van der Waals surface area contributed by atoms with Gasteiger partial charge in [-0.2, -0.15) is 0 Å². The fourth-order valence-electron chi connectivity index (χ4n) is 3.78. The molecule has 3 N–H and O–H groups in total. The number of amides is 1. The van der Waals surface area contributed by atoms with Crippen molar-refractivity contribution in [3.8, 4) is 22.3 Å². The van der Waals surface area contributed by atoms with Gasteiger partial charge in [0.15, 0.2) is 0 Å². The summed E-state index contributed by atoms with van der Waals surface area (Å²) < 4.78 is 14.9. The lowest BCUT2D eigenvalue weighted by atomic mass is 10.0. The van der Waals surface area contributed by atoms with E-state index >= 15 is 0 Å². The topological polar surface area (TPSA) is 91.3 Å². The second-order valence-corrected chi connectivity index (χ2v) is 9.59. The lowest BCUT2D eigenvalue weighted by Gasteiger charge is -2.14. The number of aromatic nitrogens is 1. The first-order valence-electron chi connectivity index (χ1n) is 11.4. The quantitative estimate of drug-likeness (QED) is 0.195. The molecule has 0 bridgehead atoms. The standard InChI is InChI=1S/C28H21Cl3FN3O3/c29-18-3-1-16(23(11-18)17-2-8-26(35-15-17)28(38)33-10-9-27(36)37)14-34-20-5-7-22(25(32)13-20)21-6-4-19(30)12-24(21)31/h1-8,11-13,15,34H,9-10,14H2,(H,33,38)(H,36,37). The third-order valence-electron chi connectivity index (χ3n) is 5.68. The Morgan fingerprint density at radius 2 is 1.61 bits per heavy atom. The van der Waals surface area contributed by atoms with Gasteiger partial charge in [0, 0.05) is 56.7 Å². The van der Waals surface area contributed by atoms with Crippen molar-refractivity contribution in [3.63, 3.8) is 0 Å². The van der Waals surface area contributed by atoms with Gasteiger partial charge in [0.1, 0.15) is 11.5 Å². The molecule has 0 aliphatic heterocycles. The van der Waals surface area contributed by atoms with Crippen molar-refractivity contribution in [3.05, 3.63) is 105 Å². The average molecular weight is 573 g/mol. The molecule has 4 aromatic rings. The number of carbonyl (C=O) groups excluding carboxylic acids is 1. The lowest BCUT2D eigenvalue weighted by molar-refractivity contribution is -0.136. The van der Waals surface area contributed by atoms with Gasteiger partial charge in [-0.05, 0) is 59.7 Å². The van der Waals surface area contributed by atoms with Crippen molar-refractivity contribution in [1.82, 2.24) is 10.3 Å². The molecule has 0 aliphatic rings. The number of anilines is 1. The number of halogens is 4. The molecule has 0 radical (unpaired) electrons. The van der Waals surface area contributed by atoms with Crippen LogP contribution in [0.1, 0.15) is 22.5 Å². The summed E-state index contributed by atoms with van der Waals surface area (Å²) in [6.07, 6.45) is 1.37. The predicted molar refractivity (Wildman–Crippen MR) is 148 cm³/mol. The van der Waals surface area contributed by atoms with Gasteiger partial charge in [0.2, 0.25) is 0 Å². The summed E-state index contributed by atoms with van der Waals surface area (Å²) in [5.74, 6) is -1.89. The molecule has 0 spiro atoms. The number of carboxylic acids is 1. The van der Waals surface area contributed by atoms with Crippen LogP contribution < -0.4 is 10.6 Å². The van der Waals surface area contributed by atoms with Crippen LogP contribution in [0, 0.1) is 5.82 Å². The molecular formula is C28H21Cl3FN3O3. The van der Waals surface area contributed by atoms with E-state index in [1.54, 1.807) is 60.8 Å². The van der Waals surface area contributed by atoms with Crippen molar-refractivity contribution < 1.29 is 19.1 Å².